The molecule has 28 heavy (non-hydrogen) atoms. The van der Waals surface area contributed by atoms with Crippen molar-refractivity contribution < 1.29 is 23.1 Å². The van der Waals surface area contributed by atoms with Crippen LogP contribution in [0.4, 0.5) is 14.5 Å². The van der Waals surface area contributed by atoms with Crippen molar-refractivity contribution >= 4 is 17.5 Å². The third-order valence-corrected chi connectivity index (χ3v) is 4.08. The summed E-state index contributed by atoms with van der Waals surface area (Å²) in [5.41, 5.74) is 0.942. The second-order valence-corrected chi connectivity index (χ2v) is 6.09. The van der Waals surface area contributed by atoms with Crippen LogP contribution in [0.25, 0.3) is 0 Å². The Bertz CT molecular complexity index is 1050. The van der Waals surface area contributed by atoms with Crippen molar-refractivity contribution in [3.05, 3.63) is 59.6 Å². The zero-order valence-corrected chi connectivity index (χ0v) is 14.3. The van der Waals surface area contributed by atoms with Crippen molar-refractivity contribution in [3.8, 4) is 5.88 Å². The van der Waals surface area contributed by atoms with Gasteiger partial charge in [0.15, 0.2) is 11.6 Å². The fraction of sp³-hybridized carbons (Fsp3) is 0.176. The number of benzene rings is 1. The average molecular weight is 388 g/mol. The summed E-state index contributed by atoms with van der Waals surface area (Å²) in [4.78, 5) is 24.6. The van der Waals surface area contributed by atoms with E-state index in [1.165, 1.54) is 29.2 Å². The van der Waals surface area contributed by atoms with Gasteiger partial charge in [-0.2, -0.15) is 10.2 Å². The quantitative estimate of drug-likeness (QED) is 0.619. The van der Waals surface area contributed by atoms with Crippen molar-refractivity contribution in [3.63, 3.8) is 0 Å². The third kappa shape index (κ3) is 3.54. The van der Waals surface area contributed by atoms with E-state index in [-0.39, 0.29) is 18.8 Å². The molecular weight excluding hydrogens is 374 g/mol. The smallest absolute Gasteiger partial charge is 0.272 e. The average Bonchev–Trinajstić information content (AvgIpc) is 3.28. The lowest BCUT2D eigenvalue weighted by Gasteiger charge is -2.13. The molecule has 144 valence electrons. The van der Waals surface area contributed by atoms with Gasteiger partial charge in [-0.3, -0.25) is 14.3 Å². The molecule has 0 spiro atoms. The topological polar surface area (TPSA) is 114 Å². The molecule has 4 rings (SSSR count). The van der Waals surface area contributed by atoms with Gasteiger partial charge in [0.05, 0.1) is 12.7 Å². The number of H-pyrrole nitrogens is 1. The molecule has 0 bridgehead atoms. The van der Waals surface area contributed by atoms with Crippen LogP contribution in [-0.4, -0.2) is 44.4 Å². The highest BCUT2D eigenvalue weighted by Gasteiger charge is 2.28. The molecule has 1 atom stereocenters. The van der Waals surface area contributed by atoms with E-state index in [1.54, 1.807) is 0 Å². The molecule has 3 N–H and O–H groups in total. The molecule has 0 saturated heterocycles. The lowest BCUT2D eigenvalue weighted by atomic mass is 10.2. The Morgan fingerprint density at radius 2 is 2.18 bits per heavy atom. The van der Waals surface area contributed by atoms with Crippen LogP contribution in [0.3, 0.4) is 0 Å². The summed E-state index contributed by atoms with van der Waals surface area (Å²) in [7, 11) is 0. The van der Waals surface area contributed by atoms with E-state index < -0.39 is 29.5 Å². The number of amides is 2. The molecule has 9 nitrogen and oxygen atoms in total. The summed E-state index contributed by atoms with van der Waals surface area (Å²) in [6, 6.07) is 4.04. The number of hydrogen-bond donors (Lipinski definition) is 3. The first kappa shape index (κ1) is 17.6. The maximum absolute atomic E-state index is 13.3. The van der Waals surface area contributed by atoms with E-state index in [1.807, 2.05) is 0 Å². The number of carbonyl (C=O) groups excluding carboxylic acids is 2. The molecule has 1 aliphatic heterocycles. The highest BCUT2D eigenvalue weighted by atomic mass is 19.2. The highest BCUT2D eigenvalue weighted by molar-refractivity contribution is 6.01. The lowest BCUT2D eigenvalue weighted by molar-refractivity contribution is -0.118. The number of aromatic nitrogens is 4. The molecule has 0 aliphatic carbocycles. The molecule has 3 heterocycles. The number of ether oxygens (including phenoxy) is 1. The fourth-order valence-electron chi connectivity index (χ4n) is 2.67. The molecule has 1 aromatic carbocycles. The Labute approximate surface area is 156 Å². The van der Waals surface area contributed by atoms with Crippen LogP contribution in [0.2, 0.25) is 0 Å². The first-order valence-electron chi connectivity index (χ1n) is 8.25. The maximum Gasteiger partial charge on any atom is 0.272 e. The summed E-state index contributed by atoms with van der Waals surface area (Å²) in [5, 5.41) is 15.6. The number of nitrogens with zero attached hydrogens (tertiary/aromatic N) is 3. The van der Waals surface area contributed by atoms with Gasteiger partial charge >= 0.3 is 0 Å². The molecule has 1 aliphatic rings. The highest BCUT2D eigenvalue weighted by Crippen LogP contribution is 2.23. The van der Waals surface area contributed by atoms with Crippen molar-refractivity contribution in [2.24, 2.45) is 0 Å². The number of carbonyl (C=O) groups is 2. The second-order valence-electron chi connectivity index (χ2n) is 6.09. The van der Waals surface area contributed by atoms with E-state index >= 15 is 0 Å². The van der Waals surface area contributed by atoms with Crippen molar-refractivity contribution in [1.82, 2.24) is 25.3 Å². The Hall–Kier alpha value is -3.76. The number of halogens is 2. The van der Waals surface area contributed by atoms with Gasteiger partial charge in [-0.05, 0) is 23.8 Å². The first-order chi connectivity index (χ1) is 13.5. The number of aromatic amines is 1. The van der Waals surface area contributed by atoms with Gasteiger partial charge in [0.1, 0.15) is 24.0 Å². The van der Waals surface area contributed by atoms with E-state index in [9.17, 15) is 18.4 Å². The largest absolute Gasteiger partial charge is 0.474 e. The summed E-state index contributed by atoms with van der Waals surface area (Å²) < 4.78 is 33.1. The lowest BCUT2D eigenvalue weighted by Crippen LogP contribution is -2.46. The monoisotopic (exact) mass is 388 g/mol. The van der Waals surface area contributed by atoms with Crippen LogP contribution >= 0.6 is 0 Å². The van der Waals surface area contributed by atoms with E-state index in [0.717, 1.165) is 12.1 Å². The summed E-state index contributed by atoms with van der Waals surface area (Å²) in [6.07, 6.45) is 2.92. The Morgan fingerprint density at radius 3 is 3.00 bits per heavy atom. The first-order valence-corrected chi connectivity index (χ1v) is 8.25. The standard InChI is InChI=1S/C17H14F2N6O3/c18-10-2-1-9(5-11(10)19)7-25-4-3-12(24-25)15(26)22-14-8-28-17-13(6-20-23-17)21-16(14)27/h1-6,14H,7-8H2,(H,20,23)(H,21,27)(H,22,26)/t14-/m0/s1. The van der Waals surface area contributed by atoms with E-state index in [2.05, 4.69) is 25.9 Å². The van der Waals surface area contributed by atoms with Gasteiger partial charge in [-0.25, -0.2) is 13.9 Å². The van der Waals surface area contributed by atoms with Crippen molar-refractivity contribution in [2.75, 3.05) is 11.9 Å². The second kappa shape index (κ2) is 7.10. The molecule has 0 saturated carbocycles. The fourth-order valence-corrected chi connectivity index (χ4v) is 2.67. The number of rotatable bonds is 4. The van der Waals surface area contributed by atoms with Gasteiger partial charge in [-0.15, -0.1) is 0 Å². The zero-order valence-electron chi connectivity index (χ0n) is 14.3. The molecule has 0 unspecified atom stereocenters. The zero-order chi connectivity index (χ0) is 19.7. The van der Waals surface area contributed by atoms with Crippen LogP contribution in [0.5, 0.6) is 5.88 Å². The minimum atomic E-state index is -0.956. The van der Waals surface area contributed by atoms with Crippen LogP contribution in [0.1, 0.15) is 16.1 Å². The minimum Gasteiger partial charge on any atom is -0.474 e. The van der Waals surface area contributed by atoms with Crippen molar-refractivity contribution in [1.29, 1.82) is 0 Å². The summed E-state index contributed by atoms with van der Waals surface area (Å²) in [5.74, 6) is -2.61. The molecule has 2 aromatic heterocycles. The van der Waals surface area contributed by atoms with Gasteiger partial charge < -0.3 is 15.4 Å². The third-order valence-electron chi connectivity index (χ3n) is 4.08. The van der Waals surface area contributed by atoms with Crippen molar-refractivity contribution in [2.45, 2.75) is 12.6 Å². The van der Waals surface area contributed by atoms with Crippen LogP contribution in [0.15, 0.2) is 36.7 Å². The summed E-state index contributed by atoms with van der Waals surface area (Å²) in [6.45, 7) is 0.0709. The van der Waals surface area contributed by atoms with Gasteiger partial charge in [0.2, 0.25) is 5.88 Å². The molecule has 0 radical (unpaired) electrons. The van der Waals surface area contributed by atoms with Crippen LogP contribution < -0.4 is 15.4 Å². The molecule has 0 fully saturated rings. The predicted octanol–water partition coefficient (Wildman–Crippen LogP) is 1.06. The molecule has 2 amide bonds. The van der Waals surface area contributed by atoms with Crippen LogP contribution in [-0.2, 0) is 11.3 Å². The predicted molar refractivity (Wildman–Crippen MR) is 91.7 cm³/mol. The molecule has 11 heteroatoms. The Kier molecular flexibility index (Phi) is 4.47. The number of anilines is 1. The molecule has 3 aromatic rings. The Balaban J connectivity index is 1.41. The SMILES string of the molecule is O=C(N[C@H]1COc2[nH]ncc2NC1=O)c1ccn(Cc2ccc(F)c(F)c2)n1. The Morgan fingerprint density at radius 1 is 1.32 bits per heavy atom. The summed E-state index contributed by atoms with van der Waals surface area (Å²) >= 11 is 0. The van der Waals surface area contributed by atoms with E-state index in [0.29, 0.717) is 17.1 Å². The number of fused-ring (bicyclic) bond motifs is 1. The van der Waals surface area contributed by atoms with Gasteiger partial charge in [0.25, 0.3) is 11.8 Å². The van der Waals surface area contributed by atoms with Gasteiger partial charge in [0, 0.05) is 6.20 Å². The molecular formula is C17H14F2N6O3. The number of nitrogens with one attached hydrogen (secondary N) is 3. The number of hydrogen-bond acceptors (Lipinski definition) is 5. The normalized spacial score (nSPS) is 15.9. The van der Waals surface area contributed by atoms with Gasteiger partial charge in [-0.1, -0.05) is 6.07 Å². The van der Waals surface area contributed by atoms with Crippen LogP contribution in [0, 0.1) is 11.6 Å². The minimum absolute atomic E-state index is 0.0693. The van der Waals surface area contributed by atoms with E-state index in [4.69, 9.17) is 4.74 Å². The maximum atomic E-state index is 13.3.